The fraction of sp³-hybridized carbons (Fsp3) is 0.125. The Kier molecular flexibility index (Phi) is 3.69. The number of rotatable bonds is 4. The van der Waals surface area contributed by atoms with Gasteiger partial charge in [0.1, 0.15) is 18.6 Å². The van der Waals surface area contributed by atoms with Crippen molar-refractivity contribution in [2.75, 3.05) is 12.4 Å². The van der Waals surface area contributed by atoms with Crippen LogP contribution in [-0.4, -0.2) is 32.2 Å². The van der Waals surface area contributed by atoms with Gasteiger partial charge in [0.05, 0.1) is 17.3 Å². The minimum absolute atomic E-state index is 0.181. The summed E-state index contributed by atoms with van der Waals surface area (Å²) in [5.74, 6) is 0.355. The lowest BCUT2D eigenvalue weighted by Crippen LogP contribution is -2.28. The quantitative estimate of drug-likeness (QED) is 0.602. The van der Waals surface area contributed by atoms with Crippen LogP contribution in [0.5, 0.6) is 5.75 Å². The van der Waals surface area contributed by atoms with Crippen LogP contribution in [0.2, 0.25) is 0 Å². The molecule has 25 heavy (non-hydrogen) atoms. The van der Waals surface area contributed by atoms with Crippen molar-refractivity contribution in [1.82, 2.24) is 19.2 Å². The highest BCUT2D eigenvalue weighted by atomic mass is 32.1. The van der Waals surface area contributed by atoms with E-state index in [1.54, 1.807) is 31.4 Å². The summed E-state index contributed by atoms with van der Waals surface area (Å²) in [6, 6.07) is 8.79. The summed E-state index contributed by atoms with van der Waals surface area (Å²) in [7, 11) is 1.57. The largest absolute Gasteiger partial charge is 0.497 e. The molecule has 3 heterocycles. The molecule has 0 radical (unpaired) electrons. The van der Waals surface area contributed by atoms with Gasteiger partial charge in [-0.25, -0.2) is 18.9 Å². The topological polar surface area (TPSA) is 90.5 Å². The maximum absolute atomic E-state index is 12.4. The van der Waals surface area contributed by atoms with E-state index in [1.807, 2.05) is 11.4 Å². The Morgan fingerprint density at radius 1 is 1.28 bits per heavy atom. The molecule has 0 fully saturated rings. The van der Waals surface area contributed by atoms with Crippen LogP contribution in [0.1, 0.15) is 0 Å². The highest BCUT2D eigenvalue weighted by Crippen LogP contribution is 2.21. The molecule has 1 aromatic carbocycles. The van der Waals surface area contributed by atoms with E-state index >= 15 is 0 Å². The molecule has 0 saturated heterocycles. The Labute approximate surface area is 145 Å². The van der Waals surface area contributed by atoms with Crippen molar-refractivity contribution in [2.45, 2.75) is 6.54 Å². The Bertz CT molecular complexity index is 1130. The first-order chi connectivity index (χ1) is 12.2. The number of nitrogens with zero attached hydrogens (tertiary/aromatic N) is 4. The summed E-state index contributed by atoms with van der Waals surface area (Å²) in [5, 5.41) is 8.89. The number of benzene rings is 1. The van der Waals surface area contributed by atoms with Crippen LogP contribution < -0.4 is 15.7 Å². The minimum Gasteiger partial charge on any atom is -0.497 e. The van der Waals surface area contributed by atoms with E-state index in [0.717, 1.165) is 14.9 Å². The number of hydrogen-bond acceptors (Lipinski definition) is 6. The molecule has 0 aliphatic rings. The SMILES string of the molecule is COc1ccc(NC(=O)Cn2nc3c4sccc4ncn3c2=O)cc1. The molecule has 9 heteroatoms. The van der Waals surface area contributed by atoms with Gasteiger partial charge in [-0.05, 0) is 35.7 Å². The lowest BCUT2D eigenvalue weighted by Gasteiger charge is -2.05. The van der Waals surface area contributed by atoms with Crippen molar-refractivity contribution >= 4 is 38.8 Å². The number of thiophene rings is 1. The normalized spacial score (nSPS) is 11.1. The molecular weight excluding hydrogens is 342 g/mol. The molecule has 0 atom stereocenters. The lowest BCUT2D eigenvalue weighted by atomic mass is 10.3. The van der Waals surface area contributed by atoms with Gasteiger partial charge in [-0.3, -0.25) is 4.79 Å². The van der Waals surface area contributed by atoms with Gasteiger partial charge in [0.25, 0.3) is 0 Å². The maximum atomic E-state index is 12.4. The van der Waals surface area contributed by atoms with E-state index in [0.29, 0.717) is 17.1 Å². The van der Waals surface area contributed by atoms with Crippen molar-refractivity contribution in [1.29, 1.82) is 0 Å². The molecule has 0 aliphatic heterocycles. The zero-order valence-electron chi connectivity index (χ0n) is 13.2. The van der Waals surface area contributed by atoms with Crippen LogP contribution >= 0.6 is 11.3 Å². The highest BCUT2D eigenvalue weighted by molar-refractivity contribution is 7.17. The number of nitrogens with one attached hydrogen (secondary N) is 1. The Morgan fingerprint density at radius 3 is 2.84 bits per heavy atom. The third kappa shape index (κ3) is 2.74. The summed E-state index contributed by atoms with van der Waals surface area (Å²) in [5.41, 5.74) is 1.49. The van der Waals surface area contributed by atoms with Crippen LogP contribution in [0.3, 0.4) is 0 Å². The van der Waals surface area contributed by atoms with Crippen LogP contribution in [0.4, 0.5) is 5.69 Å². The van der Waals surface area contributed by atoms with E-state index in [1.165, 1.54) is 22.1 Å². The van der Waals surface area contributed by atoms with E-state index in [9.17, 15) is 9.59 Å². The smallest absolute Gasteiger partial charge is 0.352 e. The van der Waals surface area contributed by atoms with E-state index in [-0.39, 0.29) is 12.5 Å². The first-order valence-corrected chi connectivity index (χ1v) is 8.29. The average molecular weight is 355 g/mol. The summed E-state index contributed by atoms with van der Waals surface area (Å²) in [6.07, 6.45) is 1.43. The number of ether oxygens (including phenoxy) is 1. The summed E-state index contributed by atoms with van der Waals surface area (Å²) in [4.78, 5) is 28.8. The van der Waals surface area contributed by atoms with Crippen molar-refractivity contribution < 1.29 is 9.53 Å². The van der Waals surface area contributed by atoms with Crippen LogP contribution in [-0.2, 0) is 11.3 Å². The molecule has 0 aliphatic carbocycles. The molecule has 4 rings (SSSR count). The first-order valence-electron chi connectivity index (χ1n) is 7.41. The number of amides is 1. The van der Waals surface area contributed by atoms with E-state index in [4.69, 9.17) is 4.74 Å². The minimum atomic E-state index is -0.400. The standard InChI is InChI=1S/C16H13N5O3S/c1-24-11-4-2-10(3-5-11)18-13(22)8-21-16(23)20-9-17-12-6-7-25-14(12)15(20)19-21/h2-7,9H,8H2,1H3,(H,18,22). The molecular formula is C16H13N5O3S. The molecule has 1 amide bonds. The second-order valence-corrected chi connectivity index (χ2v) is 6.21. The number of hydrogen-bond donors (Lipinski definition) is 1. The predicted molar refractivity (Wildman–Crippen MR) is 94.3 cm³/mol. The first kappa shape index (κ1) is 15.3. The summed E-state index contributed by atoms with van der Waals surface area (Å²) < 4.78 is 8.37. The fourth-order valence-corrected chi connectivity index (χ4v) is 3.30. The predicted octanol–water partition coefficient (Wildman–Crippen LogP) is 1.75. The molecule has 0 bridgehead atoms. The number of aromatic nitrogens is 4. The monoisotopic (exact) mass is 355 g/mol. The third-order valence-corrected chi connectivity index (χ3v) is 4.60. The van der Waals surface area contributed by atoms with Gasteiger partial charge < -0.3 is 10.1 Å². The van der Waals surface area contributed by atoms with Gasteiger partial charge in [-0.1, -0.05) is 0 Å². The fourth-order valence-electron chi connectivity index (χ4n) is 2.48. The van der Waals surface area contributed by atoms with Gasteiger partial charge >= 0.3 is 5.69 Å². The lowest BCUT2D eigenvalue weighted by molar-refractivity contribution is -0.117. The number of fused-ring (bicyclic) bond motifs is 3. The van der Waals surface area contributed by atoms with Gasteiger partial charge in [0.2, 0.25) is 5.91 Å². The Morgan fingerprint density at radius 2 is 2.08 bits per heavy atom. The van der Waals surface area contributed by atoms with Crippen molar-refractivity contribution in [3.05, 3.63) is 52.5 Å². The molecule has 3 aromatic heterocycles. The van der Waals surface area contributed by atoms with Crippen LogP contribution in [0.25, 0.3) is 15.9 Å². The third-order valence-electron chi connectivity index (χ3n) is 3.70. The number of carbonyl (C=O) groups is 1. The number of carbonyl (C=O) groups excluding carboxylic acids is 1. The molecule has 0 saturated carbocycles. The number of methoxy groups -OCH3 is 1. The Balaban J connectivity index is 1.60. The van der Waals surface area contributed by atoms with Crippen LogP contribution in [0, 0.1) is 0 Å². The van der Waals surface area contributed by atoms with Gasteiger partial charge in [0, 0.05) is 5.69 Å². The second kappa shape index (κ2) is 6.02. The summed E-state index contributed by atoms with van der Waals surface area (Å²) in [6.45, 7) is -0.181. The van der Waals surface area contributed by atoms with E-state index in [2.05, 4.69) is 15.4 Å². The molecule has 8 nitrogen and oxygen atoms in total. The zero-order chi connectivity index (χ0) is 17.4. The molecule has 0 spiro atoms. The van der Waals surface area contributed by atoms with Crippen molar-refractivity contribution in [2.24, 2.45) is 0 Å². The molecule has 1 N–H and O–H groups in total. The van der Waals surface area contributed by atoms with Gasteiger partial charge in [-0.2, -0.15) is 0 Å². The maximum Gasteiger partial charge on any atom is 0.352 e. The molecule has 4 aromatic rings. The highest BCUT2D eigenvalue weighted by Gasteiger charge is 2.14. The zero-order valence-corrected chi connectivity index (χ0v) is 14.0. The van der Waals surface area contributed by atoms with Crippen LogP contribution in [0.15, 0.2) is 46.8 Å². The van der Waals surface area contributed by atoms with Gasteiger partial charge in [0.15, 0.2) is 5.65 Å². The molecule has 126 valence electrons. The second-order valence-electron chi connectivity index (χ2n) is 5.29. The Hall–Kier alpha value is -3.20. The van der Waals surface area contributed by atoms with Gasteiger partial charge in [-0.15, -0.1) is 16.4 Å². The average Bonchev–Trinajstić information content (AvgIpc) is 3.21. The van der Waals surface area contributed by atoms with Crippen molar-refractivity contribution in [3.63, 3.8) is 0 Å². The molecule has 0 unspecified atom stereocenters. The van der Waals surface area contributed by atoms with E-state index < -0.39 is 5.69 Å². The number of anilines is 1. The summed E-state index contributed by atoms with van der Waals surface area (Å²) >= 11 is 1.45. The van der Waals surface area contributed by atoms with Crippen molar-refractivity contribution in [3.8, 4) is 5.75 Å².